The lowest BCUT2D eigenvalue weighted by Gasteiger charge is -2.19. The molecule has 7 heteroatoms. The minimum Gasteiger partial charge on any atom is -0.269 e. The number of anilines is 1. The fraction of sp³-hybridized carbons (Fsp3) is 0.130. The van der Waals surface area contributed by atoms with Gasteiger partial charge in [0.25, 0.3) is 15.9 Å². The largest absolute Gasteiger partial charge is 0.271 e. The molecule has 1 N–H and O–H groups in total. The average Bonchev–Trinajstić information content (AvgIpc) is 2.75. The monoisotopic (exact) mass is 421 g/mol. The Bertz CT molecular complexity index is 1150. The number of carbonyl (C=O) groups excluding carboxylic acids is 1. The molecule has 0 radical (unpaired) electrons. The zero-order chi connectivity index (χ0) is 21.7. The van der Waals surface area contributed by atoms with Crippen LogP contribution in [0.4, 0.5) is 5.69 Å². The van der Waals surface area contributed by atoms with Crippen molar-refractivity contribution in [2.75, 3.05) is 11.4 Å². The molecule has 154 valence electrons. The van der Waals surface area contributed by atoms with Crippen LogP contribution in [-0.2, 0) is 10.0 Å². The quantitative estimate of drug-likeness (QED) is 0.484. The number of sulfonamides is 1. The molecule has 0 bridgehead atoms. The Morgan fingerprint density at radius 2 is 1.40 bits per heavy atom. The van der Waals surface area contributed by atoms with Gasteiger partial charge in [-0.05, 0) is 55.8 Å². The summed E-state index contributed by atoms with van der Waals surface area (Å²) < 4.78 is 26.8. The number of hydrazone groups is 1. The number of nitrogens with zero attached hydrogens (tertiary/aromatic N) is 2. The zero-order valence-electron chi connectivity index (χ0n) is 17.0. The van der Waals surface area contributed by atoms with Gasteiger partial charge in [-0.25, -0.2) is 13.8 Å². The van der Waals surface area contributed by atoms with E-state index in [0.717, 1.165) is 16.7 Å². The molecule has 0 saturated carbocycles. The lowest BCUT2D eigenvalue weighted by Crippen LogP contribution is -2.26. The summed E-state index contributed by atoms with van der Waals surface area (Å²) in [4.78, 5) is 12.5. The summed E-state index contributed by atoms with van der Waals surface area (Å²) in [7, 11) is -2.20. The number of hydrogen-bond donors (Lipinski definition) is 1. The van der Waals surface area contributed by atoms with Crippen LogP contribution in [0.15, 0.2) is 82.8 Å². The number of carbonyl (C=O) groups is 1. The van der Waals surface area contributed by atoms with Gasteiger partial charge in [-0.3, -0.25) is 9.10 Å². The molecule has 3 aromatic rings. The first-order valence-corrected chi connectivity index (χ1v) is 10.8. The van der Waals surface area contributed by atoms with Crippen molar-refractivity contribution in [3.8, 4) is 0 Å². The van der Waals surface area contributed by atoms with Crippen molar-refractivity contribution in [1.82, 2.24) is 5.43 Å². The Morgan fingerprint density at radius 1 is 0.867 bits per heavy atom. The van der Waals surface area contributed by atoms with Crippen molar-refractivity contribution in [1.29, 1.82) is 0 Å². The molecule has 1 amide bonds. The zero-order valence-corrected chi connectivity index (χ0v) is 17.8. The van der Waals surface area contributed by atoms with E-state index in [9.17, 15) is 13.2 Å². The fourth-order valence-corrected chi connectivity index (χ4v) is 3.91. The predicted molar refractivity (Wildman–Crippen MR) is 119 cm³/mol. The van der Waals surface area contributed by atoms with Crippen molar-refractivity contribution in [2.24, 2.45) is 5.10 Å². The number of amides is 1. The van der Waals surface area contributed by atoms with Crippen LogP contribution in [0, 0.1) is 13.8 Å². The summed E-state index contributed by atoms with van der Waals surface area (Å²) in [5.41, 5.74) is 6.30. The Kier molecular flexibility index (Phi) is 6.32. The number of hydrogen-bond acceptors (Lipinski definition) is 4. The smallest absolute Gasteiger partial charge is 0.269 e. The number of aryl methyl sites for hydroxylation is 2. The summed E-state index contributed by atoms with van der Waals surface area (Å²) in [6.07, 6.45) is 1.56. The second-order valence-electron chi connectivity index (χ2n) is 6.94. The highest BCUT2D eigenvalue weighted by Crippen LogP contribution is 2.22. The van der Waals surface area contributed by atoms with Gasteiger partial charge in [0.1, 0.15) is 0 Å². The van der Waals surface area contributed by atoms with Crippen LogP contribution >= 0.6 is 0 Å². The number of benzene rings is 3. The van der Waals surface area contributed by atoms with Gasteiger partial charge in [0.05, 0.1) is 16.8 Å². The van der Waals surface area contributed by atoms with Crippen LogP contribution in [0.3, 0.4) is 0 Å². The van der Waals surface area contributed by atoms with Crippen LogP contribution < -0.4 is 9.73 Å². The summed E-state index contributed by atoms with van der Waals surface area (Å²) in [6, 6.07) is 20.7. The predicted octanol–water partition coefficient (Wildman–Crippen LogP) is 3.89. The van der Waals surface area contributed by atoms with E-state index in [-0.39, 0.29) is 10.8 Å². The minimum atomic E-state index is -3.68. The van der Waals surface area contributed by atoms with Crippen LogP contribution in [-0.4, -0.2) is 27.6 Å². The van der Waals surface area contributed by atoms with Gasteiger partial charge in [-0.15, -0.1) is 0 Å². The third-order valence-corrected chi connectivity index (χ3v) is 6.43. The van der Waals surface area contributed by atoms with Gasteiger partial charge in [-0.2, -0.15) is 5.10 Å². The highest BCUT2D eigenvalue weighted by molar-refractivity contribution is 7.92. The summed E-state index contributed by atoms with van der Waals surface area (Å²) in [5, 5.41) is 3.96. The average molecular weight is 422 g/mol. The van der Waals surface area contributed by atoms with E-state index in [1.807, 2.05) is 38.1 Å². The van der Waals surface area contributed by atoms with Gasteiger partial charge in [0.15, 0.2) is 0 Å². The second-order valence-corrected chi connectivity index (χ2v) is 8.91. The fourth-order valence-electron chi connectivity index (χ4n) is 2.71. The van der Waals surface area contributed by atoms with Crippen molar-refractivity contribution in [3.63, 3.8) is 0 Å². The lowest BCUT2D eigenvalue weighted by molar-refractivity contribution is 0.0955. The molecule has 0 aromatic heterocycles. The standard InChI is InChI=1S/C23H23N3O3S/c1-17-4-8-19(9-5-17)16-24-25-23(27)20-10-12-21(13-11-20)26(3)30(28,29)22-14-6-18(2)7-15-22/h4-16H,1-3H3,(H,25,27)/b24-16-. The van der Waals surface area contributed by atoms with Crippen LogP contribution in [0.25, 0.3) is 0 Å². The maximum atomic E-state index is 12.8. The van der Waals surface area contributed by atoms with E-state index in [1.165, 1.54) is 11.4 Å². The van der Waals surface area contributed by atoms with E-state index in [2.05, 4.69) is 10.5 Å². The number of rotatable bonds is 6. The van der Waals surface area contributed by atoms with Crippen molar-refractivity contribution < 1.29 is 13.2 Å². The molecule has 3 rings (SSSR count). The van der Waals surface area contributed by atoms with Gasteiger partial charge < -0.3 is 0 Å². The van der Waals surface area contributed by atoms with Gasteiger partial charge in [-0.1, -0.05) is 47.5 Å². The molecule has 3 aromatic carbocycles. The first-order chi connectivity index (χ1) is 14.3. The van der Waals surface area contributed by atoms with Crippen LogP contribution in [0.2, 0.25) is 0 Å². The van der Waals surface area contributed by atoms with E-state index in [4.69, 9.17) is 0 Å². The van der Waals surface area contributed by atoms with E-state index < -0.39 is 10.0 Å². The highest BCUT2D eigenvalue weighted by atomic mass is 32.2. The molecule has 0 saturated heterocycles. The van der Waals surface area contributed by atoms with Gasteiger partial charge in [0, 0.05) is 12.6 Å². The minimum absolute atomic E-state index is 0.211. The molecule has 6 nitrogen and oxygen atoms in total. The lowest BCUT2D eigenvalue weighted by atomic mass is 10.2. The summed E-state index contributed by atoms with van der Waals surface area (Å²) >= 11 is 0. The molecule has 0 fully saturated rings. The Morgan fingerprint density at radius 3 is 1.97 bits per heavy atom. The van der Waals surface area contributed by atoms with E-state index >= 15 is 0 Å². The first-order valence-electron chi connectivity index (χ1n) is 9.33. The summed E-state index contributed by atoms with van der Waals surface area (Å²) in [6.45, 7) is 3.89. The third-order valence-electron chi connectivity index (χ3n) is 4.63. The SMILES string of the molecule is Cc1ccc(/C=N\NC(=O)c2ccc(N(C)S(=O)(=O)c3ccc(C)cc3)cc2)cc1. The van der Waals surface area contributed by atoms with E-state index in [0.29, 0.717) is 11.3 Å². The Labute approximate surface area is 176 Å². The molecule has 0 aliphatic heterocycles. The summed E-state index contributed by atoms with van der Waals surface area (Å²) in [5.74, 6) is -0.381. The molecular formula is C23H23N3O3S. The third kappa shape index (κ3) is 4.93. The van der Waals surface area contributed by atoms with Crippen molar-refractivity contribution in [3.05, 3.63) is 95.1 Å². The van der Waals surface area contributed by atoms with Gasteiger partial charge >= 0.3 is 0 Å². The first kappa shape index (κ1) is 21.3. The van der Waals surface area contributed by atoms with E-state index in [1.54, 1.807) is 54.7 Å². The normalized spacial score (nSPS) is 11.4. The maximum absolute atomic E-state index is 12.8. The maximum Gasteiger partial charge on any atom is 0.271 e. The molecule has 0 heterocycles. The van der Waals surface area contributed by atoms with Crippen LogP contribution in [0.1, 0.15) is 27.0 Å². The molecule has 0 atom stereocenters. The van der Waals surface area contributed by atoms with Gasteiger partial charge in [0.2, 0.25) is 0 Å². The Hall–Kier alpha value is -3.45. The molecule has 0 aliphatic rings. The molecule has 30 heavy (non-hydrogen) atoms. The molecule has 0 spiro atoms. The second kappa shape index (κ2) is 8.92. The molecular weight excluding hydrogens is 398 g/mol. The van der Waals surface area contributed by atoms with Crippen LogP contribution in [0.5, 0.6) is 0 Å². The topological polar surface area (TPSA) is 78.8 Å². The van der Waals surface area contributed by atoms with Crippen molar-refractivity contribution >= 4 is 27.8 Å². The molecule has 0 aliphatic carbocycles. The Balaban J connectivity index is 1.68. The molecule has 0 unspecified atom stereocenters. The highest BCUT2D eigenvalue weighted by Gasteiger charge is 2.21. The number of nitrogens with one attached hydrogen (secondary N) is 1. The van der Waals surface area contributed by atoms with Crippen molar-refractivity contribution in [2.45, 2.75) is 18.7 Å².